The Kier molecular flexibility index (Phi) is 5.46. The second-order valence-corrected chi connectivity index (χ2v) is 5.84. The molecule has 0 unspecified atom stereocenters. The molecule has 112 valence electrons. The lowest BCUT2D eigenvalue weighted by Gasteiger charge is -2.09. The summed E-state index contributed by atoms with van der Waals surface area (Å²) in [6.45, 7) is 3.21. The van der Waals surface area contributed by atoms with E-state index in [4.69, 9.17) is 5.73 Å². The number of nitrogens with one attached hydrogen (secondary N) is 1. The van der Waals surface area contributed by atoms with Crippen molar-refractivity contribution in [3.8, 4) is 0 Å². The molecule has 0 spiro atoms. The Bertz CT molecular complexity index is 578. The van der Waals surface area contributed by atoms with Crippen molar-refractivity contribution < 1.29 is 22.3 Å². The number of anilines is 1. The molecule has 0 aliphatic heterocycles. The Morgan fingerprint density at radius 2 is 2.10 bits per heavy atom. The second kappa shape index (κ2) is 6.67. The molecule has 0 radical (unpaired) electrons. The van der Waals surface area contributed by atoms with Crippen LogP contribution in [0.2, 0.25) is 0 Å². The molecule has 8 heteroatoms. The van der Waals surface area contributed by atoms with Crippen LogP contribution in [0.5, 0.6) is 0 Å². The number of hydrogen-bond acceptors (Lipinski definition) is 5. The third kappa shape index (κ3) is 4.17. The molecule has 0 saturated heterocycles. The van der Waals surface area contributed by atoms with E-state index in [1.54, 1.807) is 6.92 Å². The summed E-state index contributed by atoms with van der Waals surface area (Å²) < 4.78 is 44.1. The fraction of sp³-hybridized carbons (Fsp3) is 0.417. The molecule has 6 nitrogen and oxygen atoms in total. The quantitative estimate of drug-likeness (QED) is 0.602. The van der Waals surface area contributed by atoms with Gasteiger partial charge in [0.05, 0.1) is 17.9 Å². The maximum Gasteiger partial charge on any atom is 0.307 e. The largest absolute Gasteiger partial charge is 0.466 e. The van der Waals surface area contributed by atoms with Gasteiger partial charge in [0.15, 0.2) is 0 Å². The fourth-order valence-corrected chi connectivity index (χ4v) is 2.51. The van der Waals surface area contributed by atoms with Gasteiger partial charge >= 0.3 is 5.97 Å². The molecule has 20 heavy (non-hydrogen) atoms. The average molecular weight is 304 g/mol. The second-order valence-electron chi connectivity index (χ2n) is 4.07. The average Bonchev–Trinajstić information content (AvgIpc) is 2.35. The van der Waals surface area contributed by atoms with Crippen molar-refractivity contribution in [3.05, 3.63) is 23.5 Å². The number of esters is 1. The third-order valence-corrected chi connectivity index (χ3v) is 4.04. The van der Waals surface area contributed by atoms with Crippen molar-refractivity contribution in [3.63, 3.8) is 0 Å². The highest BCUT2D eigenvalue weighted by Crippen LogP contribution is 2.20. The van der Waals surface area contributed by atoms with Gasteiger partial charge in [0.25, 0.3) is 0 Å². The molecule has 0 fully saturated rings. The van der Waals surface area contributed by atoms with Crippen LogP contribution in [0.1, 0.15) is 18.9 Å². The number of halogens is 1. The number of carbonyl (C=O) groups is 1. The number of nitrogens with two attached hydrogens (primary N) is 1. The van der Waals surface area contributed by atoms with Gasteiger partial charge in [-0.05, 0) is 26.0 Å². The van der Waals surface area contributed by atoms with Gasteiger partial charge in [-0.25, -0.2) is 17.5 Å². The van der Waals surface area contributed by atoms with Crippen molar-refractivity contribution >= 4 is 21.7 Å². The zero-order valence-electron chi connectivity index (χ0n) is 11.3. The number of rotatable bonds is 6. The standard InChI is InChI=1S/C12H17FN2O4S/c1-3-19-12(16)4-5-15-20(17,18)9-6-10(13)8(2)11(14)7-9/h6-7,15H,3-5,14H2,1-2H3. The van der Waals surface area contributed by atoms with Crippen molar-refractivity contribution in [1.82, 2.24) is 4.72 Å². The molecule has 1 rings (SSSR count). The van der Waals surface area contributed by atoms with E-state index in [1.807, 2.05) is 0 Å². The van der Waals surface area contributed by atoms with Crippen LogP contribution in [0.25, 0.3) is 0 Å². The summed E-state index contributed by atoms with van der Waals surface area (Å²) in [5.41, 5.74) is 5.77. The van der Waals surface area contributed by atoms with Crippen molar-refractivity contribution in [2.45, 2.75) is 25.2 Å². The number of carbonyl (C=O) groups excluding carboxylic acids is 1. The van der Waals surface area contributed by atoms with E-state index in [0.29, 0.717) is 0 Å². The summed E-state index contributed by atoms with van der Waals surface area (Å²) in [7, 11) is -3.91. The lowest BCUT2D eigenvalue weighted by atomic mass is 10.2. The van der Waals surface area contributed by atoms with Gasteiger partial charge in [-0.15, -0.1) is 0 Å². The van der Waals surface area contributed by atoms with Crippen LogP contribution < -0.4 is 10.5 Å². The minimum atomic E-state index is -3.91. The minimum Gasteiger partial charge on any atom is -0.466 e. The number of benzene rings is 1. The van der Waals surface area contributed by atoms with E-state index in [-0.39, 0.29) is 35.7 Å². The molecular weight excluding hydrogens is 287 g/mol. The Morgan fingerprint density at radius 1 is 1.45 bits per heavy atom. The zero-order valence-corrected chi connectivity index (χ0v) is 12.1. The summed E-state index contributed by atoms with van der Waals surface area (Å²) in [5.74, 6) is -1.21. The Morgan fingerprint density at radius 3 is 2.65 bits per heavy atom. The van der Waals surface area contributed by atoms with Crippen molar-refractivity contribution in [1.29, 1.82) is 0 Å². The molecule has 0 aromatic heterocycles. The normalized spacial score (nSPS) is 11.3. The van der Waals surface area contributed by atoms with Crippen LogP contribution >= 0.6 is 0 Å². The molecule has 0 aliphatic rings. The molecular formula is C12H17FN2O4S. The first kappa shape index (κ1) is 16.4. The maximum atomic E-state index is 13.5. The van der Waals surface area contributed by atoms with Crippen LogP contribution in [-0.2, 0) is 19.6 Å². The smallest absolute Gasteiger partial charge is 0.307 e. The summed E-state index contributed by atoms with van der Waals surface area (Å²) in [5, 5.41) is 0. The first-order valence-electron chi connectivity index (χ1n) is 5.99. The zero-order chi connectivity index (χ0) is 15.3. The lowest BCUT2D eigenvalue weighted by molar-refractivity contribution is -0.142. The van der Waals surface area contributed by atoms with Gasteiger partial charge in [0.2, 0.25) is 10.0 Å². The van der Waals surface area contributed by atoms with E-state index in [9.17, 15) is 17.6 Å². The molecule has 1 aromatic rings. The number of nitrogen functional groups attached to an aromatic ring is 1. The highest BCUT2D eigenvalue weighted by Gasteiger charge is 2.17. The van der Waals surface area contributed by atoms with Crippen LogP contribution in [0.15, 0.2) is 17.0 Å². The van der Waals surface area contributed by atoms with Gasteiger partial charge in [-0.2, -0.15) is 0 Å². The van der Waals surface area contributed by atoms with Gasteiger partial charge in [0.1, 0.15) is 5.82 Å². The molecule has 0 bridgehead atoms. The Hall–Kier alpha value is -1.67. The maximum absolute atomic E-state index is 13.5. The number of sulfonamides is 1. The first-order valence-corrected chi connectivity index (χ1v) is 7.47. The van der Waals surface area contributed by atoms with Gasteiger partial charge in [-0.1, -0.05) is 0 Å². The van der Waals surface area contributed by atoms with Crippen molar-refractivity contribution in [2.24, 2.45) is 0 Å². The third-order valence-electron chi connectivity index (χ3n) is 2.59. The minimum absolute atomic E-state index is 0.0516. The molecule has 0 aliphatic carbocycles. The topological polar surface area (TPSA) is 98.5 Å². The first-order chi connectivity index (χ1) is 9.27. The van der Waals surface area contributed by atoms with Gasteiger partial charge in [-0.3, -0.25) is 4.79 Å². The van der Waals surface area contributed by atoms with Crippen LogP contribution in [-0.4, -0.2) is 27.5 Å². The highest BCUT2D eigenvalue weighted by atomic mass is 32.2. The predicted molar refractivity (Wildman–Crippen MR) is 72.0 cm³/mol. The van der Waals surface area contributed by atoms with E-state index in [0.717, 1.165) is 6.07 Å². The summed E-state index contributed by atoms with van der Waals surface area (Å²) in [4.78, 5) is 10.8. The molecule has 3 N–H and O–H groups in total. The number of hydrogen-bond donors (Lipinski definition) is 2. The van der Waals surface area contributed by atoms with Crippen LogP contribution in [0.4, 0.5) is 10.1 Å². The van der Waals surface area contributed by atoms with E-state index in [2.05, 4.69) is 9.46 Å². The van der Waals surface area contributed by atoms with Crippen molar-refractivity contribution in [2.75, 3.05) is 18.9 Å². The SMILES string of the molecule is CCOC(=O)CCNS(=O)(=O)c1cc(N)c(C)c(F)c1. The van der Waals surface area contributed by atoms with E-state index in [1.165, 1.54) is 13.0 Å². The van der Waals surface area contributed by atoms with Gasteiger partial charge in [0, 0.05) is 17.8 Å². The fourth-order valence-electron chi connectivity index (χ4n) is 1.43. The van der Waals surface area contributed by atoms with E-state index < -0.39 is 21.8 Å². The number of ether oxygens (including phenoxy) is 1. The highest BCUT2D eigenvalue weighted by molar-refractivity contribution is 7.89. The monoisotopic (exact) mass is 304 g/mol. The molecule has 0 heterocycles. The summed E-state index contributed by atoms with van der Waals surface area (Å²) >= 11 is 0. The Balaban J connectivity index is 2.77. The van der Waals surface area contributed by atoms with Gasteiger partial charge < -0.3 is 10.5 Å². The molecule has 0 amide bonds. The summed E-state index contributed by atoms with van der Waals surface area (Å²) in [6, 6.07) is 2.06. The molecule has 1 aromatic carbocycles. The molecule has 0 saturated carbocycles. The van der Waals surface area contributed by atoms with E-state index >= 15 is 0 Å². The summed E-state index contributed by atoms with van der Waals surface area (Å²) in [6.07, 6.45) is -0.100. The molecule has 0 atom stereocenters. The Labute approximate surface area is 117 Å². The predicted octanol–water partition coefficient (Wildman–Crippen LogP) is 0.948. The van der Waals surface area contributed by atoms with Crippen LogP contribution in [0.3, 0.4) is 0 Å². The lowest BCUT2D eigenvalue weighted by Crippen LogP contribution is -2.27. The van der Waals surface area contributed by atoms with Crippen LogP contribution in [0, 0.1) is 12.7 Å².